The lowest BCUT2D eigenvalue weighted by Gasteiger charge is -2.13. The minimum absolute atomic E-state index is 0.0251. The van der Waals surface area contributed by atoms with Crippen LogP contribution in [0.2, 0.25) is 5.02 Å². The average Bonchev–Trinajstić information content (AvgIpc) is 2.74. The molecule has 0 unspecified atom stereocenters. The number of nitro benzene ring substituents is 1. The van der Waals surface area contributed by atoms with E-state index in [0.29, 0.717) is 5.69 Å². The van der Waals surface area contributed by atoms with Crippen molar-refractivity contribution in [1.29, 1.82) is 0 Å². The van der Waals surface area contributed by atoms with Gasteiger partial charge in [-0.2, -0.15) is 9.78 Å². The first-order valence-corrected chi connectivity index (χ1v) is 9.73. The molecule has 3 aromatic rings. The van der Waals surface area contributed by atoms with E-state index in [1.54, 1.807) is 31.2 Å². The van der Waals surface area contributed by atoms with Crippen LogP contribution in [-0.2, 0) is 4.74 Å². The van der Waals surface area contributed by atoms with Gasteiger partial charge >= 0.3 is 5.97 Å². The summed E-state index contributed by atoms with van der Waals surface area (Å²) >= 11 is 5.87. The summed E-state index contributed by atoms with van der Waals surface area (Å²) in [5.74, 6) is -1.83. The Labute approximate surface area is 186 Å². The van der Waals surface area contributed by atoms with Crippen molar-refractivity contribution in [3.05, 3.63) is 90.8 Å². The molecule has 0 spiro atoms. The van der Waals surface area contributed by atoms with Crippen LogP contribution in [0.3, 0.4) is 0 Å². The molecule has 0 radical (unpaired) electrons. The number of hydrogen-bond donors (Lipinski definition) is 1. The van der Waals surface area contributed by atoms with Gasteiger partial charge in [0.25, 0.3) is 17.2 Å². The number of nitrogens with zero attached hydrogens (tertiary/aromatic N) is 3. The van der Waals surface area contributed by atoms with Gasteiger partial charge in [-0.05, 0) is 38.1 Å². The van der Waals surface area contributed by atoms with Crippen molar-refractivity contribution in [3.63, 3.8) is 0 Å². The van der Waals surface area contributed by atoms with Crippen LogP contribution in [-0.4, -0.2) is 33.2 Å². The SMILES string of the molecule is CCOC(=O)c1nn(-c2ccc(C)cc2)c(=O)cc1NC(=O)c1cc(Cl)ccc1[N+](=O)[O-]. The minimum atomic E-state index is -0.945. The van der Waals surface area contributed by atoms with Gasteiger partial charge in [-0.3, -0.25) is 19.7 Å². The Morgan fingerprint density at radius 2 is 1.88 bits per heavy atom. The number of benzene rings is 2. The van der Waals surface area contributed by atoms with Gasteiger partial charge in [-0.15, -0.1) is 0 Å². The number of hydrogen-bond acceptors (Lipinski definition) is 7. The largest absolute Gasteiger partial charge is 0.461 e. The van der Waals surface area contributed by atoms with Gasteiger partial charge in [-0.1, -0.05) is 29.3 Å². The number of aromatic nitrogens is 2. The molecule has 0 aliphatic rings. The molecule has 1 heterocycles. The molecule has 1 N–H and O–H groups in total. The number of nitrogens with one attached hydrogen (secondary N) is 1. The normalized spacial score (nSPS) is 10.5. The number of rotatable bonds is 6. The lowest BCUT2D eigenvalue weighted by atomic mass is 10.1. The zero-order chi connectivity index (χ0) is 23.4. The van der Waals surface area contributed by atoms with Crippen molar-refractivity contribution in [2.75, 3.05) is 11.9 Å². The van der Waals surface area contributed by atoms with Crippen LogP contribution in [0.15, 0.2) is 53.3 Å². The average molecular weight is 457 g/mol. The lowest BCUT2D eigenvalue weighted by molar-refractivity contribution is -0.385. The van der Waals surface area contributed by atoms with E-state index < -0.39 is 28.0 Å². The quantitative estimate of drug-likeness (QED) is 0.340. The molecule has 3 rings (SSSR count). The Morgan fingerprint density at radius 1 is 1.19 bits per heavy atom. The van der Waals surface area contributed by atoms with Gasteiger partial charge in [0.15, 0.2) is 5.69 Å². The van der Waals surface area contributed by atoms with Gasteiger partial charge in [-0.25, -0.2) is 4.79 Å². The second kappa shape index (κ2) is 9.40. The van der Waals surface area contributed by atoms with Crippen LogP contribution in [0.5, 0.6) is 0 Å². The maximum Gasteiger partial charge on any atom is 0.360 e. The predicted octanol–water partition coefficient (Wildman–Crippen LogP) is 3.53. The summed E-state index contributed by atoms with van der Waals surface area (Å²) in [6.45, 7) is 3.48. The topological polar surface area (TPSA) is 133 Å². The van der Waals surface area contributed by atoms with E-state index in [2.05, 4.69) is 10.4 Å². The smallest absolute Gasteiger partial charge is 0.360 e. The predicted molar refractivity (Wildman–Crippen MR) is 117 cm³/mol. The standard InChI is InChI=1S/C21H17ClN4O6/c1-3-32-21(29)19-16(11-18(27)25(24-19)14-7-4-12(2)5-8-14)23-20(28)15-10-13(22)6-9-17(15)26(30)31/h4-11H,3H2,1-2H3,(H,23,28). The fourth-order valence-corrected chi connectivity index (χ4v) is 2.98. The summed E-state index contributed by atoms with van der Waals surface area (Å²) in [5.41, 5.74) is -0.724. The number of ether oxygens (including phenoxy) is 1. The number of aryl methyl sites for hydroxylation is 1. The van der Waals surface area contributed by atoms with Crippen molar-refractivity contribution in [1.82, 2.24) is 9.78 Å². The zero-order valence-corrected chi connectivity index (χ0v) is 17.8. The van der Waals surface area contributed by atoms with Crippen molar-refractivity contribution in [2.24, 2.45) is 0 Å². The number of anilines is 1. The first kappa shape index (κ1) is 22.6. The lowest BCUT2D eigenvalue weighted by Crippen LogP contribution is -2.27. The third-order valence-electron chi connectivity index (χ3n) is 4.33. The molecular weight excluding hydrogens is 440 g/mol. The van der Waals surface area contributed by atoms with Crippen LogP contribution in [0.25, 0.3) is 5.69 Å². The first-order valence-electron chi connectivity index (χ1n) is 9.35. The highest BCUT2D eigenvalue weighted by atomic mass is 35.5. The van der Waals surface area contributed by atoms with Crippen LogP contribution in [0, 0.1) is 17.0 Å². The molecule has 2 aromatic carbocycles. The van der Waals surface area contributed by atoms with Gasteiger partial charge in [0.2, 0.25) is 0 Å². The van der Waals surface area contributed by atoms with E-state index in [1.165, 1.54) is 6.07 Å². The molecule has 11 heteroatoms. The number of esters is 1. The van der Waals surface area contributed by atoms with Gasteiger partial charge < -0.3 is 10.1 Å². The van der Waals surface area contributed by atoms with E-state index in [0.717, 1.165) is 28.4 Å². The molecule has 0 fully saturated rings. The highest BCUT2D eigenvalue weighted by Gasteiger charge is 2.24. The number of carbonyl (C=O) groups excluding carboxylic acids is 2. The summed E-state index contributed by atoms with van der Waals surface area (Å²) in [4.78, 5) is 48.4. The molecule has 1 aromatic heterocycles. The van der Waals surface area contributed by atoms with Crippen molar-refractivity contribution in [3.8, 4) is 5.69 Å². The fraction of sp³-hybridized carbons (Fsp3) is 0.143. The Kier molecular flexibility index (Phi) is 6.64. The van der Waals surface area contributed by atoms with Crippen molar-refractivity contribution < 1.29 is 19.2 Å². The Balaban J connectivity index is 2.09. The third-order valence-corrected chi connectivity index (χ3v) is 4.56. The van der Waals surface area contributed by atoms with E-state index in [1.807, 2.05) is 6.92 Å². The van der Waals surface area contributed by atoms with Gasteiger partial charge in [0, 0.05) is 17.2 Å². The molecule has 0 saturated carbocycles. The van der Waals surface area contributed by atoms with Crippen molar-refractivity contribution in [2.45, 2.75) is 13.8 Å². The molecule has 0 bridgehead atoms. The molecule has 164 valence electrons. The molecule has 1 amide bonds. The van der Waals surface area contributed by atoms with Crippen LogP contribution in [0.4, 0.5) is 11.4 Å². The molecular formula is C21H17ClN4O6. The molecule has 0 aliphatic heterocycles. The number of halogens is 1. The van der Waals surface area contributed by atoms with E-state index in [9.17, 15) is 24.5 Å². The highest BCUT2D eigenvalue weighted by Crippen LogP contribution is 2.24. The van der Waals surface area contributed by atoms with Gasteiger partial charge in [0.05, 0.1) is 22.9 Å². The Bertz CT molecular complexity index is 1270. The van der Waals surface area contributed by atoms with Crippen LogP contribution >= 0.6 is 11.6 Å². The second-order valence-corrected chi connectivity index (χ2v) is 7.02. The van der Waals surface area contributed by atoms with E-state index in [4.69, 9.17) is 16.3 Å². The van der Waals surface area contributed by atoms with E-state index in [-0.39, 0.29) is 28.6 Å². The summed E-state index contributed by atoms with van der Waals surface area (Å²) < 4.78 is 5.98. The fourth-order valence-electron chi connectivity index (χ4n) is 2.81. The molecule has 10 nitrogen and oxygen atoms in total. The first-order chi connectivity index (χ1) is 15.2. The Morgan fingerprint density at radius 3 is 2.50 bits per heavy atom. The summed E-state index contributed by atoms with van der Waals surface area (Å²) in [7, 11) is 0. The Hall–Kier alpha value is -4.05. The second-order valence-electron chi connectivity index (χ2n) is 6.59. The minimum Gasteiger partial charge on any atom is -0.461 e. The summed E-state index contributed by atoms with van der Waals surface area (Å²) in [6.07, 6.45) is 0. The van der Waals surface area contributed by atoms with Crippen molar-refractivity contribution >= 4 is 34.9 Å². The number of carbonyl (C=O) groups is 2. The molecule has 0 saturated heterocycles. The number of amides is 1. The van der Waals surface area contributed by atoms with Gasteiger partial charge in [0.1, 0.15) is 5.56 Å². The molecule has 32 heavy (non-hydrogen) atoms. The number of nitro groups is 1. The summed E-state index contributed by atoms with van der Waals surface area (Å²) in [5, 5.41) is 17.8. The molecule has 0 atom stereocenters. The summed E-state index contributed by atoms with van der Waals surface area (Å²) in [6, 6.07) is 11.3. The molecule has 0 aliphatic carbocycles. The van der Waals surface area contributed by atoms with E-state index >= 15 is 0 Å². The zero-order valence-electron chi connectivity index (χ0n) is 17.0. The highest BCUT2D eigenvalue weighted by molar-refractivity contribution is 6.31. The maximum absolute atomic E-state index is 12.8. The van der Waals surface area contributed by atoms with Crippen LogP contribution in [0.1, 0.15) is 33.3 Å². The maximum atomic E-state index is 12.8. The monoisotopic (exact) mass is 456 g/mol. The van der Waals surface area contributed by atoms with Crippen LogP contribution < -0.4 is 10.9 Å². The third kappa shape index (κ3) is 4.81.